The zero-order valence-corrected chi connectivity index (χ0v) is 15.7. The summed E-state index contributed by atoms with van der Waals surface area (Å²) < 4.78 is 7.57. The Balaban J connectivity index is 1.34. The summed E-state index contributed by atoms with van der Waals surface area (Å²) in [7, 11) is 0. The molecule has 26 heavy (non-hydrogen) atoms. The first kappa shape index (κ1) is 17.4. The molecule has 4 rings (SSSR count). The highest BCUT2D eigenvalue weighted by atomic mass is 32.2. The van der Waals surface area contributed by atoms with E-state index in [1.165, 1.54) is 30.3 Å². The summed E-state index contributed by atoms with van der Waals surface area (Å²) in [6.45, 7) is 5.28. The van der Waals surface area contributed by atoms with Gasteiger partial charge in [0, 0.05) is 42.9 Å². The summed E-state index contributed by atoms with van der Waals surface area (Å²) >= 11 is 1.52. The summed E-state index contributed by atoms with van der Waals surface area (Å²) in [5.74, 6) is -0.000491. The van der Waals surface area contributed by atoms with Crippen molar-refractivity contribution < 1.29 is 9.53 Å². The van der Waals surface area contributed by atoms with Gasteiger partial charge in [0.1, 0.15) is 0 Å². The first-order chi connectivity index (χ1) is 12.7. The van der Waals surface area contributed by atoms with E-state index >= 15 is 0 Å². The van der Waals surface area contributed by atoms with E-state index < -0.39 is 0 Å². The van der Waals surface area contributed by atoms with Crippen LogP contribution in [0.5, 0.6) is 0 Å². The molecule has 138 valence electrons. The number of nitrogens with zero attached hydrogens (tertiary/aromatic N) is 3. The summed E-state index contributed by atoms with van der Waals surface area (Å²) in [5, 5.41) is 3.74. The molecular formula is C19H24N4O2S. The number of hydrogen-bond donors (Lipinski definition) is 1. The highest BCUT2D eigenvalue weighted by Crippen LogP contribution is 2.38. The maximum Gasteiger partial charge on any atom is 0.237 e. The van der Waals surface area contributed by atoms with E-state index in [9.17, 15) is 4.79 Å². The van der Waals surface area contributed by atoms with Crippen molar-refractivity contribution in [3.8, 4) is 0 Å². The lowest BCUT2D eigenvalue weighted by atomic mass is 10.2. The van der Waals surface area contributed by atoms with E-state index in [0.717, 1.165) is 37.1 Å². The van der Waals surface area contributed by atoms with Gasteiger partial charge in [0.15, 0.2) is 5.16 Å². The first-order valence-corrected chi connectivity index (χ1v) is 10.0. The third-order valence-electron chi connectivity index (χ3n) is 4.74. The average molecular weight is 372 g/mol. The number of morpholine rings is 1. The number of anilines is 2. The molecule has 0 unspecified atom stereocenters. The van der Waals surface area contributed by atoms with E-state index in [-0.39, 0.29) is 11.2 Å². The van der Waals surface area contributed by atoms with Crippen LogP contribution in [0.4, 0.5) is 11.4 Å². The Morgan fingerprint density at radius 2 is 2.00 bits per heavy atom. The normalized spacial score (nSPS) is 18.6. The number of hydrogen-bond acceptors (Lipinski definition) is 5. The van der Waals surface area contributed by atoms with E-state index in [0.29, 0.717) is 6.04 Å². The van der Waals surface area contributed by atoms with Gasteiger partial charge in [-0.2, -0.15) is 0 Å². The van der Waals surface area contributed by atoms with E-state index in [4.69, 9.17) is 4.74 Å². The van der Waals surface area contributed by atoms with Gasteiger partial charge in [-0.3, -0.25) is 4.79 Å². The third kappa shape index (κ3) is 4.04. The summed E-state index contributed by atoms with van der Waals surface area (Å²) in [6.07, 6.45) is 6.24. The van der Waals surface area contributed by atoms with E-state index in [1.54, 1.807) is 0 Å². The highest BCUT2D eigenvalue weighted by Gasteiger charge is 2.27. The predicted molar refractivity (Wildman–Crippen MR) is 104 cm³/mol. The van der Waals surface area contributed by atoms with Gasteiger partial charge in [0.05, 0.1) is 18.5 Å². The van der Waals surface area contributed by atoms with Crippen molar-refractivity contribution in [3.05, 3.63) is 36.7 Å². The number of carbonyl (C=O) groups is 1. The summed E-state index contributed by atoms with van der Waals surface area (Å²) in [6, 6.07) is 8.61. The lowest BCUT2D eigenvalue weighted by Crippen LogP contribution is -2.36. The van der Waals surface area contributed by atoms with Crippen molar-refractivity contribution in [2.24, 2.45) is 0 Å². The number of amides is 1. The van der Waals surface area contributed by atoms with Gasteiger partial charge in [-0.1, -0.05) is 11.8 Å². The van der Waals surface area contributed by atoms with Crippen molar-refractivity contribution in [2.75, 3.05) is 36.5 Å². The molecule has 2 heterocycles. The molecule has 2 aliphatic rings. The molecule has 2 aromatic rings. The van der Waals surface area contributed by atoms with Gasteiger partial charge in [-0.15, -0.1) is 0 Å². The number of ether oxygens (including phenoxy) is 1. The molecule has 1 saturated heterocycles. The fourth-order valence-corrected chi connectivity index (χ4v) is 3.99. The summed E-state index contributed by atoms with van der Waals surface area (Å²) in [5.41, 5.74) is 1.99. The lowest BCUT2D eigenvalue weighted by Gasteiger charge is -2.28. The molecule has 0 radical (unpaired) electrons. The quantitative estimate of drug-likeness (QED) is 0.789. The van der Waals surface area contributed by atoms with Crippen LogP contribution in [0.3, 0.4) is 0 Å². The number of imidazole rings is 1. The van der Waals surface area contributed by atoms with Crippen LogP contribution in [0.15, 0.2) is 41.8 Å². The maximum absolute atomic E-state index is 12.5. The molecule has 7 heteroatoms. The second-order valence-corrected chi connectivity index (χ2v) is 8.05. The van der Waals surface area contributed by atoms with E-state index in [1.807, 2.05) is 31.5 Å². The van der Waals surface area contributed by atoms with Gasteiger partial charge < -0.3 is 19.5 Å². The fourth-order valence-electron chi connectivity index (χ4n) is 3.05. The molecule has 1 amide bonds. The van der Waals surface area contributed by atoms with Crippen molar-refractivity contribution in [3.63, 3.8) is 0 Å². The monoisotopic (exact) mass is 372 g/mol. The van der Waals surface area contributed by atoms with Gasteiger partial charge in [0.2, 0.25) is 5.91 Å². The Bertz CT molecular complexity index is 751. The molecule has 1 aromatic carbocycles. The molecule has 6 nitrogen and oxygen atoms in total. The number of nitrogens with one attached hydrogen (secondary N) is 1. The largest absolute Gasteiger partial charge is 0.378 e. The van der Waals surface area contributed by atoms with Crippen LogP contribution in [-0.2, 0) is 9.53 Å². The number of rotatable bonds is 6. The third-order valence-corrected chi connectivity index (χ3v) is 5.83. The van der Waals surface area contributed by atoms with Crippen LogP contribution in [0, 0.1) is 0 Å². The zero-order valence-electron chi connectivity index (χ0n) is 14.9. The molecule has 0 bridgehead atoms. The second kappa shape index (κ2) is 7.72. The van der Waals surface area contributed by atoms with Crippen LogP contribution in [-0.4, -0.2) is 47.0 Å². The van der Waals surface area contributed by atoms with Gasteiger partial charge in [0.25, 0.3) is 0 Å². The minimum Gasteiger partial charge on any atom is -0.378 e. The molecule has 1 aliphatic heterocycles. The molecule has 2 fully saturated rings. The molecule has 1 aliphatic carbocycles. The maximum atomic E-state index is 12.5. The molecule has 1 aromatic heterocycles. The topological polar surface area (TPSA) is 59.4 Å². The van der Waals surface area contributed by atoms with Crippen molar-refractivity contribution >= 4 is 29.0 Å². The van der Waals surface area contributed by atoms with Crippen LogP contribution < -0.4 is 10.2 Å². The van der Waals surface area contributed by atoms with Crippen LogP contribution in [0.2, 0.25) is 0 Å². The molecule has 0 spiro atoms. The van der Waals surface area contributed by atoms with Gasteiger partial charge in [-0.05, 0) is 44.0 Å². The van der Waals surface area contributed by atoms with Crippen LogP contribution in [0.1, 0.15) is 25.8 Å². The Kier molecular flexibility index (Phi) is 5.17. The second-order valence-electron chi connectivity index (χ2n) is 6.74. The Morgan fingerprint density at radius 1 is 1.27 bits per heavy atom. The molecule has 1 atom stereocenters. The average Bonchev–Trinajstić information content (AvgIpc) is 3.42. The SMILES string of the molecule is C[C@@H](Sc1nccn1C1CC1)C(=O)Nc1ccc(N2CCOCC2)cc1. The Hall–Kier alpha value is -1.99. The first-order valence-electron chi connectivity index (χ1n) is 9.14. The number of carbonyl (C=O) groups excluding carboxylic acids is 1. The minimum absolute atomic E-state index is 0.000491. The predicted octanol–water partition coefficient (Wildman–Crippen LogP) is 3.17. The summed E-state index contributed by atoms with van der Waals surface area (Å²) in [4.78, 5) is 19.2. The Labute approximate surface area is 157 Å². The van der Waals surface area contributed by atoms with Crippen LogP contribution in [0.25, 0.3) is 0 Å². The molecular weight excluding hydrogens is 348 g/mol. The van der Waals surface area contributed by atoms with Crippen molar-refractivity contribution in [2.45, 2.75) is 36.2 Å². The number of thioether (sulfide) groups is 1. The van der Waals surface area contributed by atoms with E-state index in [2.05, 4.69) is 31.9 Å². The number of benzene rings is 1. The molecule has 1 N–H and O–H groups in total. The van der Waals surface area contributed by atoms with Gasteiger partial charge in [-0.25, -0.2) is 4.98 Å². The van der Waals surface area contributed by atoms with Crippen molar-refractivity contribution in [1.82, 2.24) is 9.55 Å². The zero-order chi connectivity index (χ0) is 17.9. The highest BCUT2D eigenvalue weighted by molar-refractivity contribution is 8.00. The van der Waals surface area contributed by atoms with Crippen LogP contribution >= 0.6 is 11.8 Å². The Morgan fingerprint density at radius 3 is 2.69 bits per heavy atom. The van der Waals surface area contributed by atoms with Gasteiger partial charge >= 0.3 is 0 Å². The smallest absolute Gasteiger partial charge is 0.237 e. The fraction of sp³-hybridized carbons (Fsp3) is 0.474. The lowest BCUT2D eigenvalue weighted by molar-refractivity contribution is -0.115. The molecule has 1 saturated carbocycles. The van der Waals surface area contributed by atoms with Crippen molar-refractivity contribution in [1.29, 1.82) is 0 Å². The standard InChI is InChI=1S/C19H24N4O2S/c1-14(26-19-20-8-9-23(19)17-6-7-17)18(24)21-15-2-4-16(5-3-15)22-10-12-25-13-11-22/h2-5,8-9,14,17H,6-7,10-13H2,1H3,(H,21,24)/t14-/m1/s1. The number of aromatic nitrogens is 2. The minimum atomic E-state index is -0.200.